The lowest BCUT2D eigenvalue weighted by atomic mass is 10.2. The number of sulfonamides is 1. The van der Waals surface area contributed by atoms with Crippen molar-refractivity contribution < 1.29 is 13.2 Å². The van der Waals surface area contributed by atoms with E-state index in [0.29, 0.717) is 30.3 Å². The molecule has 0 atom stereocenters. The molecule has 1 N–H and O–H groups in total. The van der Waals surface area contributed by atoms with E-state index < -0.39 is 10.0 Å². The van der Waals surface area contributed by atoms with E-state index in [2.05, 4.69) is 9.71 Å². The zero-order valence-corrected chi connectivity index (χ0v) is 13.6. The highest BCUT2D eigenvalue weighted by molar-refractivity contribution is 7.92. The van der Waals surface area contributed by atoms with Gasteiger partial charge in [0.1, 0.15) is 0 Å². The molecule has 2 aromatic carbocycles. The van der Waals surface area contributed by atoms with E-state index in [1.165, 1.54) is 0 Å². The first-order chi connectivity index (χ1) is 11.1. The van der Waals surface area contributed by atoms with E-state index in [9.17, 15) is 8.42 Å². The van der Waals surface area contributed by atoms with Crippen molar-refractivity contribution in [2.45, 2.75) is 18.2 Å². The van der Waals surface area contributed by atoms with Crippen molar-refractivity contribution in [3.8, 4) is 0 Å². The predicted molar refractivity (Wildman–Crippen MR) is 90.4 cm³/mol. The van der Waals surface area contributed by atoms with Gasteiger partial charge < -0.3 is 4.74 Å². The van der Waals surface area contributed by atoms with Crippen LogP contribution in [0.1, 0.15) is 17.5 Å². The average Bonchev–Trinajstić information content (AvgIpc) is 2.56. The molecule has 0 radical (unpaired) electrons. The minimum atomic E-state index is -3.65. The number of ether oxygens (including phenoxy) is 1. The SMILES string of the molecule is Cc1ccc(S(=O)(=O)Nc2ccccc2C2=NCCCO2)cc1. The van der Waals surface area contributed by atoms with Gasteiger partial charge in [0.05, 0.1) is 22.8 Å². The van der Waals surface area contributed by atoms with Crippen molar-refractivity contribution in [3.05, 3.63) is 59.7 Å². The number of nitrogens with zero attached hydrogens (tertiary/aromatic N) is 1. The molecule has 6 heteroatoms. The van der Waals surface area contributed by atoms with Crippen molar-refractivity contribution in [3.63, 3.8) is 0 Å². The number of hydrogen-bond acceptors (Lipinski definition) is 4. The van der Waals surface area contributed by atoms with E-state index in [-0.39, 0.29) is 4.90 Å². The predicted octanol–water partition coefficient (Wildman–Crippen LogP) is 2.96. The smallest absolute Gasteiger partial charge is 0.261 e. The Morgan fingerprint density at radius 3 is 2.52 bits per heavy atom. The molecular weight excluding hydrogens is 312 g/mol. The summed E-state index contributed by atoms with van der Waals surface area (Å²) in [5.74, 6) is 0.485. The second-order valence-electron chi connectivity index (χ2n) is 5.35. The van der Waals surface area contributed by atoms with Crippen molar-refractivity contribution in [1.29, 1.82) is 0 Å². The quantitative estimate of drug-likeness (QED) is 0.937. The Hall–Kier alpha value is -2.34. The van der Waals surface area contributed by atoms with Gasteiger partial charge in [-0.15, -0.1) is 0 Å². The molecule has 0 saturated carbocycles. The van der Waals surface area contributed by atoms with Crippen LogP contribution in [0, 0.1) is 6.92 Å². The fourth-order valence-electron chi connectivity index (χ4n) is 2.30. The van der Waals surface area contributed by atoms with E-state index in [1.54, 1.807) is 42.5 Å². The number of hydrogen-bond donors (Lipinski definition) is 1. The van der Waals surface area contributed by atoms with Crippen LogP contribution in [0.15, 0.2) is 58.4 Å². The highest BCUT2D eigenvalue weighted by Crippen LogP contribution is 2.22. The second-order valence-corrected chi connectivity index (χ2v) is 7.04. The second kappa shape index (κ2) is 6.42. The fraction of sp³-hybridized carbons (Fsp3) is 0.235. The molecule has 3 rings (SSSR count). The zero-order chi connectivity index (χ0) is 16.3. The highest BCUT2D eigenvalue weighted by atomic mass is 32.2. The average molecular weight is 330 g/mol. The molecule has 1 aliphatic rings. The van der Waals surface area contributed by atoms with Crippen molar-refractivity contribution in [2.24, 2.45) is 4.99 Å². The molecule has 0 aliphatic carbocycles. The standard InChI is InChI=1S/C17H18N2O3S/c1-13-7-9-14(10-8-13)23(20,21)19-16-6-3-2-5-15(16)17-18-11-4-12-22-17/h2-3,5-10,19H,4,11-12H2,1H3. The third-order valence-electron chi connectivity index (χ3n) is 3.53. The molecule has 0 amide bonds. The van der Waals surface area contributed by atoms with Gasteiger partial charge in [-0.2, -0.15) is 0 Å². The first-order valence-corrected chi connectivity index (χ1v) is 8.91. The van der Waals surface area contributed by atoms with Crippen molar-refractivity contribution in [2.75, 3.05) is 17.9 Å². The zero-order valence-electron chi connectivity index (χ0n) is 12.8. The van der Waals surface area contributed by atoms with E-state index in [1.807, 2.05) is 13.0 Å². The van der Waals surface area contributed by atoms with Gasteiger partial charge in [-0.1, -0.05) is 29.8 Å². The lowest BCUT2D eigenvalue weighted by molar-refractivity contribution is 0.284. The van der Waals surface area contributed by atoms with Crippen LogP contribution in [0.2, 0.25) is 0 Å². The molecular formula is C17H18N2O3S. The summed E-state index contributed by atoms with van der Waals surface area (Å²) in [7, 11) is -3.65. The Kier molecular flexibility index (Phi) is 4.34. The summed E-state index contributed by atoms with van der Waals surface area (Å²) < 4.78 is 33.3. The van der Waals surface area contributed by atoms with E-state index in [4.69, 9.17) is 4.74 Å². The normalized spacial score (nSPS) is 14.7. The van der Waals surface area contributed by atoms with Crippen LogP contribution in [0.25, 0.3) is 0 Å². The fourth-order valence-corrected chi connectivity index (χ4v) is 3.38. The molecule has 0 aromatic heterocycles. The number of benzene rings is 2. The molecule has 5 nitrogen and oxygen atoms in total. The highest BCUT2D eigenvalue weighted by Gasteiger charge is 2.19. The van der Waals surface area contributed by atoms with Crippen LogP contribution in [-0.4, -0.2) is 27.5 Å². The lowest BCUT2D eigenvalue weighted by Crippen LogP contribution is -2.19. The molecule has 1 aliphatic heterocycles. The molecule has 0 fully saturated rings. The lowest BCUT2D eigenvalue weighted by Gasteiger charge is -2.17. The van der Waals surface area contributed by atoms with Gasteiger partial charge in [0, 0.05) is 13.0 Å². The summed E-state index contributed by atoms with van der Waals surface area (Å²) in [6.45, 7) is 3.20. The van der Waals surface area contributed by atoms with Gasteiger partial charge in [0.25, 0.3) is 10.0 Å². The summed E-state index contributed by atoms with van der Waals surface area (Å²) in [4.78, 5) is 4.56. The molecule has 0 bridgehead atoms. The first-order valence-electron chi connectivity index (χ1n) is 7.42. The molecule has 0 spiro atoms. The Morgan fingerprint density at radius 1 is 1.09 bits per heavy atom. The minimum absolute atomic E-state index is 0.226. The van der Waals surface area contributed by atoms with Crippen molar-refractivity contribution >= 4 is 21.6 Å². The van der Waals surface area contributed by atoms with E-state index >= 15 is 0 Å². The van der Waals surface area contributed by atoms with Crippen LogP contribution < -0.4 is 4.72 Å². The van der Waals surface area contributed by atoms with Gasteiger partial charge in [0.2, 0.25) is 5.90 Å². The number of nitrogens with one attached hydrogen (secondary N) is 1. The topological polar surface area (TPSA) is 67.8 Å². The first kappa shape index (κ1) is 15.6. The number of rotatable bonds is 4. The number of anilines is 1. The monoisotopic (exact) mass is 330 g/mol. The van der Waals surface area contributed by atoms with Gasteiger partial charge in [-0.3, -0.25) is 9.71 Å². The molecule has 2 aromatic rings. The molecule has 120 valence electrons. The van der Waals surface area contributed by atoms with Crippen LogP contribution in [0.5, 0.6) is 0 Å². The van der Waals surface area contributed by atoms with Gasteiger partial charge >= 0.3 is 0 Å². The van der Waals surface area contributed by atoms with Crippen molar-refractivity contribution in [1.82, 2.24) is 0 Å². The van der Waals surface area contributed by atoms with Crippen LogP contribution in [-0.2, 0) is 14.8 Å². The molecule has 0 unspecified atom stereocenters. The summed E-state index contributed by atoms with van der Waals surface area (Å²) in [5.41, 5.74) is 2.13. The Bertz CT molecular complexity index is 827. The molecule has 0 saturated heterocycles. The summed E-state index contributed by atoms with van der Waals surface area (Å²) in [6.07, 6.45) is 0.876. The minimum Gasteiger partial charge on any atom is -0.477 e. The van der Waals surface area contributed by atoms with Gasteiger partial charge in [0.15, 0.2) is 0 Å². The number of para-hydroxylation sites is 1. The molecule has 23 heavy (non-hydrogen) atoms. The molecule has 1 heterocycles. The summed E-state index contributed by atoms with van der Waals surface area (Å²) >= 11 is 0. The number of aryl methyl sites for hydroxylation is 1. The maximum Gasteiger partial charge on any atom is 0.261 e. The van der Waals surface area contributed by atoms with E-state index in [0.717, 1.165) is 12.0 Å². The van der Waals surface area contributed by atoms with Crippen LogP contribution >= 0.6 is 0 Å². The Morgan fingerprint density at radius 2 is 1.83 bits per heavy atom. The Balaban J connectivity index is 1.93. The maximum absolute atomic E-state index is 12.6. The third-order valence-corrected chi connectivity index (χ3v) is 4.91. The summed E-state index contributed by atoms with van der Waals surface area (Å²) in [5, 5.41) is 0. The van der Waals surface area contributed by atoms with Crippen LogP contribution in [0.4, 0.5) is 5.69 Å². The largest absolute Gasteiger partial charge is 0.477 e. The number of aliphatic imine (C=N–C) groups is 1. The summed E-state index contributed by atoms with van der Waals surface area (Å²) in [6, 6.07) is 13.9. The van der Waals surface area contributed by atoms with Crippen LogP contribution in [0.3, 0.4) is 0 Å². The van der Waals surface area contributed by atoms with Gasteiger partial charge in [-0.05, 0) is 31.2 Å². The third kappa shape index (κ3) is 3.53. The Labute approximate surface area is 136 Å². The maximum atomic E-state index is 12.6. The van der Waals surface area contributed by atoms with Gasteiger partial charge in [-0.25, -0.2) is 8.42 Å².